The van der Waals surface area contributed by atoms with E-state index in [2.05, 4.69) is 5.32 Å². The lowest BCUT2D eigenvalue weighted by Gasteiger charge is -2.31. The normalized spacial score (nSPS) is 12.9. The molecule has 2 rings (SSSR count). The van der Waals surface area contributed by atoms with Crippen molar-refractivity contribution in [2.45, 2.75) is 72.5 Å². The van der Waals surface area contributed by atoms with Crippen molar-refractivity contribution in [1.82, 2.24) is 10.2 Å². The molecule has 0 radical (unpaired) electrons. The third-order valence-corrected chi connectivity index (χ3v) is 5.75. The molecule has 0 saturated carbocycles. The zero-order valence-electron chi connectivity index (χ0n) is 18.7. The highest BCUT2D eigenvalue weighted by Gasteiger charge is 2.29. The number of carbonyl (C=O) groups is 2. The van der Waals surface area contributed by atoms with E-state index in [1.54, 1.807) is 4.90 Å². The fourth-order valence-electron chi connectivity index (χ4n) is 3.40. The fourth-order valence-corrected chi connectivity index (χ4v) is 3.53. The van der Waals surface area contributed by atoms with Gasteiger partial charge in [-0.3, -0.25) is 9.59 Å². The van der Waals surface area contributed by atoms with Crippen LogP contribution in [0.15, 0.2) is 42.5 Å². The maximum absolute atomic E-state index is 13.4. The summed E-state index contributed by atoms with van der Waals surface area (Å²) in [5.74, 6) is -0.153. The lowest BCUT2D eigenvalue weighted by Crippen LogP contribution is -2.51. The second kappa shape index (κ2) is 11.2. The van der Waals surface area contributed by atoms with E-state index in [9.17, 15) is 9.59 Å². The maximum atomic E-state index is 13.4. The second-order valence-corrected chi connectivity index (χ2v) is 8.43. The van der Waals surface area contributed by atoms with Crippen LogP contribution in [0.25, 0.3) is 0 Å². The number of nitrogens with one attached hydrogen (secondary N) is 1. The number of nitrogens with zero attached hydrogens (tertiary/aromatic N) is 1. The van der Waals surface area contributed by atoms with Crippen LogP contribution in [0.5, 0.6) is 0 Å². The van der Waals surface area contributed by atoms with E-state index in [0.717, 1.165) is 28.7 Å². The van der Waals surface area contributed by atoms with Crippen LogP contribution in [0.2, 0.25) is 5.02 Å². The number of rotatable bonds is 9. The molecule has 0 unspecified atom stereocenters. The van der Waals surface area contributed by atoms with Crippen molar-refractivity contribution in [3.63, 3.8) is 0 Å². The van der Waals surface area contributed by atoms with Gasteiger partial charge in [-0.1, -0.05) is 61.3 Å². The van der Waals surface area contributed by atoms with Crippen LogP contribution in [-0.4, -0.2) is 28.8 Å². The molecular weight excluding hydrogens is 396 g/mol. The molecule has 0 bridgehead atoms. The first-order chi connectivity index (χ1) is 14.2. The van der Waals surface area contributed by atoms with Crippen molar-refractivity contribution in [3.8, 4) is 0 Å². The summed E-state index contributed by atoms with van der Waals surface area (Å²) in [5, 5.41) is 3.69. The smallest absolute Gasteiger partial charge is 0.243 e. The van der Waals surface area contributed by atoms with Crippen LogP contribution >= 0.6 is 11.6 Å². The summed E-state index contributed by atoms with van der Waals surface area (Å²) in [7, 11) is 0. The Morgan fingerprint density at radius 3 is 2.30 bits per heavy atom. The molecule has 30 heavy (non-hydrogen) atoms. The third-order valence-electron chi connectivity index (χ3n) is 5.50. The highest BCUT2D eigenvalue weighted by molar-refractivity contribution is 6.30. The average Bonchev–Trinajstić information content (AvgIpc) is 2.71. The summed E-state index contributed by atoms with van der Waals surface area (Å²) < 4.78 is 0. The molecule has 1 N–H and O–H groups in total. The minimum absolute atomic E-state index is 0.0511. The molecule has 0 aliphatic heterocycles. The van der Waals surface area contributed by atoms with Crippen LogP contribution in [0.4, 0.5) is 0 Å². The lowest BCUT2D eigenvalue weighted by atomic mass is 10.0. The van der Waals surface area contributed by atoms with E-state index in [0.29, 0.717) is 18.0 Å². The van der Waals surface area contributed by atoms with E-state index in [4.69, 9.17) is 11.6 Å². The predicted molar refractivity (Wildman–Crippen MR) is 124 cm³/mol. The fraction of sp³-hybridized carbons (Fsp3) is 0.440. The van der Waals surface area contributed by atoms with Gasteiger partial charge in [0, 0.05) is 17.6 Å². The van der Waals surface area contributed by atoms with Crippen molar-refractivity contribution in [2.24, 2.45) is 0 Å². The van der Waals surface area contributed by atoms with E-state index in [1.165, 1.54) is 0 Å². The Morgan fingerprint density at radius 1 is 1.03 bits per heavy atom. The molecule has 4 nitrogen and oxygen atoms in total. The van der Waals surface area contributed by atoms with Crippen LogP contribution in [0.1, 0.15) is 55.9 Å². The molecule has 0 aliphatic rings. The number of halogens is 1. The molecule has 5 heteroatoms. The number of hydrogen-bond donors (Lipinski definition) is 1. The second-order valence-electron chi connectivity index (χ2n) is 8.00. The maximum Gasteiger partial charge on any atom is 0.243 e. The molecule has 0 spiro atoms. The van der Waals surface area contributed by atoms with E-state index in [1.807, 2.05) is 77.1 Å². The molecule has 0 saturated heterocycles. The predicted octanol–water partition coefficient (Wildman–Crippen LogP) is 5.22. The van der Waals surface area contributed by atoms with Gasteiger partial charge in [-0.15, -0.1) is 0 Å². The Labute approximate surface area is 185 Å². The highest BCUT2D eigenvalue weighted by Crippen LogP contribution is 2.18. The highest BCUT2D eigenvalue weighted by atomic mass is 35.5. The number of aryl methyl sites for hydroxylation is 2. The van der Waals surface area contributed by atoms with Gasteiger partial charge in [0.2, 0.25) is 11.8 Å². The molecule has 0 aromatic heterocycles. The summed E-state index contributed by atoms with van der Waals surface area (Å²) in [4.78, 5) is 28.1. The van der Waals surface area contributed by atoms with Gasteiger partial charge in [0.25, 0.3) is 0 Å². The zero-order chi connectivity index (χ0) is 22.3. The first-order valence-corrected chi connectivity index (χ1v) is 11.0. The number of hydrogen-bond acceptors (Lipinski definition) is 2. The van der Waals surface area contributed by atoms with Gasteiger partial charge >= 0.3 is 0 Å². The molecular formula is C25H33ClN2O2. The van der Waals surface area contributed by atoms with Crippen molar-refractivity contribution < 1.29 is 9.59 Å². The molecule has 0 aliphatic carbocycles. The molecule has 0 fully saturated rings. The number of benzene rings is 2. The van der Waals surface area contributed by atoms with Gasteiger partial charge in [0.15, 0.2) is 0 Å². The van der Waals surface area contributed by atoms with Gasteiger partial charge in [-0.05, 0) is 62.4 Å². The molecule has 162 valence electrons. The molecule has 2 atom stereocenters. The summed E-state index contributed by atoms with van der Waals surface area (Å²) in [6, 6.07) is 13.1. The largest absolute Gasteiger partial charge is 0.352 e. The van der Waals surface area contributed by atoms with Gasteiger partial charge < -0.3 is 10.2 Å². The van der Waals surface area contributed by atoms with Gasteiger partial charge in [-0.25, -0.2) is 0 Å². The SMILES string of the molecule is CC[C@H](C)NC(=O)[C@H](CC)N(Cc1ccc(Cl)cc1)C(=O)Cc1cc(C)ccc1C. The van der Waals surface area contributed by atoms with Gasteiger partial charge in [-0.2, -0.15) is 0 Å². The summed E-state index contributed by atoms with van der Waals surface area (Å²) in [6.07, 6.45) is 1.67. The molecule has 2 aromatic carbocycles. The van der Waals surface area contributed by atoms with Crippen molar-refractivity contribution in [2.75, 3.05) is 0 Å². The minimum atomic E-state index is -0.521. The van der Waals surface area contributed by atoms with E-state index < -0.39 is 6.04 Å². The zero-order valence-corrected chi connectivity index (χ0v) is 19.4. The lowest BCUT2D eigenvalue weighted by molar-refractivity contribution is -0.141. The molecule has 0 heterocycles. The first kappa shape index (κ1) is 23.9. The van der Waals surface area contributed by atoms with E-state index in [-0.39, 0.29) is 24.3 Å². The molecule has 2 aromatic rings. The monoisotopic (exact) mass is 428 g/mol. The number of amides is 2. The minimum Gasteiger partial charge on any atom is -0.352 e. The third kappa shape index (κ3) is 6.60. The van der Waals surface area contributed by atoms with Crippen LogP contribution < -0.4 is 5.32 Å². The van der Waals surface area contributed by atoms with Crippen LogP contribution in [0, 0.1) is 13.8 Å². The Bertz CT molecular complexity index is 864. The summed E-state index contributed by atoms with van der Waals surface area (Å²) in [6.45, 7) is 10.4. The Morgan fingerprint density at radius 2 is 1.70 bits per heavy atom. The Hall–Kier alpha value is -2.33. The topological polar surface area (TPSA) is 49.4 Å². The number of carbonyl (C=O) groups excluding carboxylic acids is 2. The summed E-state index contributed by atoms with van der Waals surface area (Å²) in [5.41, 5.74) is 4.15. The summed E-state index contributed by atoms with van der Waals surface area (Å²) >= 11 is 6.02. The average molecular weight is 429 g/mol. The van der Waals surface area contributed by atoms with Crippen molar-refractivity contribution >= 4 is 23.4 Å². The Kier molecular flexibility index (Phi) is 8.91. The van der Waals surface area contributed by atoms with Gasteiger partial charge in [0.05, 0.1) is 6.42 Å². The first-order valence-electron chi connectivity index (χ1n) is 10.7. The van der Waals surface area contributed by atoms with Crippen molar-refractivity contribution in [1.29, 1.82) is 0 Å². The van der Waals surface area contributed by atoms with Crippen LogP contribution in [0.3, 0.4) is 0 Å². The van der Waals surface area contributed by atoms with E-state index >= 15 is 0 Å². The van der Waals surface area contributed by atoms with Crippen LogP contribution in [-0.2, 0) is 22.6 Å². The van der Waals surface area contributed by atoms with Gasteiger partial charge in [0.1, 0.15) is 6.04 Å². The Balaban J connectivity index is 2.32. The van der Waals surface area contributed by atoms with Crippen molar-refractivity contribution in [3.05, 3.63) is 69.7 Å². The standard InChI is InChI=1S/C25H33ClN2O2/c1-6-19(5)27-25(30)23(7-2)28(16-20-10-12-22(26)13-11-20)24(29)15-21-14-17(3)8-9-18(21)4/h8-14,19,23H,6-7,15-16H2,1-5H3,(H,27,30)/t19-,23-/m0/s1. The molecule has 2 amide bonds. The quantitative estimate of drug-likeness (QED) is 0.595.